The summed E-state index contributed by atoms with van der Waals surface area (Å²) >= 11 is 6.40. The summed E-state index contributed by atoms with van der Waals surface area (Å²) in [7, 11) is 0. The van der Waals surface area contributed by atoms with Crippen molar-refractivity contribution >= 4 is 29.2 Å². The second-order valence-corrected chi connectivity index (χ2v) is 13.1. The molecular formula is C30H40ClN3O4. The Labute approximate surface area is 230 Å². The van der Waals surface area contributed by atoms with Crippen molar-refractivity contribution in [3.05, 3.63) is 45.8 Å². The van der Waals surface area contributed by atoms with E-state index in [2.05, 4.69) is 31.2 Å². The zero-order valence-corrected chi connectivity index (χ0v) is 23.7. The number of aromatic nitrogens is 1. The van der Waals surface area contributed by atoms with Crippen LogP contribution in [0.1, 0.15) is 99.6 Å². The Hall–Kier alpha value is -2.38. The van der Waals surface area contributed by atoms with Gasteiger partial charge in [-0.1, -0.05) is 50.0 Å². The lowest BCUT2D eigenvalue weighted by molar-refractivity contribution is -0.138. The number of nitrogens with zero attached hydrogens (tertiary/aromatic N) is 2. The number of halogens is 1. The molecule has 7 nitrogen and oxygen atoms in total. The third kappa shape index (κ3) is 5.79. The van der Waals surface area contributed by atoms with Crippen LogP contribution in [0.25, 0.3) is 0 Å². The third-order valence-corrected chi connectivity index (χ3v) is 9.31. The minimum absolute atomic E-state index is 0.105. The number of rotatable bonds is 10. The number of aliphatic carboxylic acids is 1. The first-order valence-electron chi connectivity index (χ1n) is 14.0. The minimum atomic E-state index is -0.898. The number of carboxylic acids is 1. The molecule has 0 radical (unpaired) electrons. The average Bonchev–Trinajstić information content (AvgIpc) is 3.44. The molecule has 1 amide bonds. The maximum Gasteiger partial charge on any atom is 0.317 e. The molecule has 5 rings (SSSR count). The molecule has 1 aromatic heterocycles. The molecule has 0 bridgehead atoms. The third-order valence-electron chi connectivity index (χ3n) is 9.00. The van der Waals surface area contributed by atoms with E-state index >= 15 is 0 Å². The molecule has 2 heterocycles. The second-order valence-electron chi connectivity index (χ2n) is 12.6. The molecule has 3 aliphatic rings. The summed E-state index contributed by atoms with van der Waals surface area (Å²) in [5.74, 6) is 0.830. The van der Waals surface area contributed by atoms with Gasteiger partial charge in [-0.25, -0.2) is 0 Å². The fourth-order valence-corrected chi connectivity index (χ4v) is 6.69. The molecule has 3 fully saturated rings. The van der Waals surface area contributed by atoms with Crippen LogP contribution < -0.4 is 5.32 Å². The van der Waals surface area contributed by atoms with Crippen molar-refractivity contribution in [1.82, 2.24) is 10.1 Å². The highest BCUT2D eigenvalue weighted by molar-refractivity contribution is 6.33. The van der Waals surface area contributed by atoms with Crippen LogP contribution >= 0.6 is 11.6 Å². The Morgan fingerprint density at radius 3 is 2.58 bits per heavy atom. The zero-order valence-electron chi connectivity index (χ0n) is 22.9. The van der Waals surface area contributed by atoms with Crippen LogP contribution in [-0.2, 0) is 9.59 Å². The summed E-state index contributed by atoms with van der Waals surface area (Å²) < 4.78 is 6.08. The largest absolute Gasteiger partial charge is 0.480 e. The maximum absolute atomic E-state index is 13.6. The van der Waals surface area contributed by atoms with Gasteiger partial charge in [0.2, 0.25) is 5.91 Å². The van der Waals surface area contributed by atoms with Crippen molar-refractivity contribution in [3.63, 3.8) is 0 Å². The van der Waals surface area contributed by atoms with Gasteiger partial charge in [0.25, 0.3) is 0 Å². The Balaban J connectivity index is 1.38. The minimum Gasteiger partial charge on any atom is -0.480 e. The lowest BCUT2D eigenvalue weighted by Crippen LogP contribution is -2.31. The van der Waals surface area contributed by atoms with Crippen molar-refractivity contribution in [3.8, 4) is 0 Å². The fraction of sp³-hybridized carbons (Fsp3) is 0.633. The summed E-state index contributed by atoms with van der Waals surface area (Å²) in [6.45, 7) is 9.63. The average molecular weight is 542 g/mol. The molecule has 2 N–H and O–H groups in total. The highest BCUT2D eigenvalue weighted by Gasteiger charge is 2.47. The monoisotopic (exact) mass is 541 g/mol. The van der Waals surface area contributed by atoms with Gasteiger partial charge in [-0.05, 0) is 74.0 Å². The molecule has 1 saturated heterocycles. The van der Waals surface area contributed by atoms with Gasteiger partial charge in [0, 0.05) is 30.5 Å². The number of hydrogen-bond acceptors (Lipinski definition) is 5. The van der Waals surface area contributed by atoms with Crippen molar-refractivity contribution < 1.29 is 19.2 Å². The molecule has 2 saturated carbocycles. The topological polar surface area (TPSA) is 95.7 Å². The molecule has 0 spiro atoms. The first-order valence-corrected chi connectivity index (χ1v) is 14.4. The van der Waals surface area contributed by atoms with Gasteiger partial charge >= 0.3 is 5.97 Å². The summed E-state index contributed by atoms with van der Waals surface area (Å²) in [4.78, 5) is 26.9. The van der Waals surface area contributed by atoms with E-state index in [0.29, 0.717) is 47.0 Å². The number of anilines is 1. The Bertz CT molecular complexity index is 1200. The summed E-state index contributed by atoms with van der Waals surface area (Å²) in [5.41, 5.74) is 4.01. The number of likely N-dealkylation sites (tertiary alicyclic amines) is 1. The van der Waals surface area contributed by atoms with Crippen LogP contribution in [0.4, 0.5) is 5.69 Å². The van der Waals surface area contributed by atoms with E-state index in [1.807, 2.05) is 30.0 Å². The fourth-order valence-electron chi connectivity index (χ4n) is 6.40. The van der Waals surface area contributed by atoms with Gasteiger partial charge in [-0.15, -0.1) is 0 Å². The van der Waals surface area contributed by atoms with Crippen LogP contribution in [0.5, 0.6) is 0 Å². The van der Waals surface area contributed by atoms with E-state index in [4.69, 9.17) is 16.1 Å². The molecule has 2 atom stereocenters. The molecule has 8 heteroatoms. The predicted molar refractivity (Wildman–Crippen MR) is 148 cm³/mol. The van der Waals surface area contributed by atoms with Gasteiger partial charge in [0.1, 0.15) is 5.76 Å². The number of aryl methyl sites for hydroxylation is 1. The molecule has 2 unspecified atom stereocenters. The second kappa shape index (κ2) is 10.6. The first kappa shape index (κ1) is 27.2. The van der Waals surface area contributed by atoms with Gasteiger partial charge in [-0.2, -0.15) is 0 Å². The number of amides is 1. The summed E-state index contributed by atoms with van der Waals surface area (Å²) in [6.07, 6.45) is 6.90. The van der Waals surface area contributed by atoms with Crippen LogP contribution in [-0.4, -0.2) is 46.7 Å². The molecule has 38 heavy (non-hydrogen) atoms. The first-order chi connectivity index (χ1) is 18.0. The normalized spacial score (nSPS) is 25.8. The number of hydrogen-bond donors (Lipinski definition) is 2. The van der Waals surface area contributed by atoms with Crippen molar-refractivity contribution in [2.24, 2.45) is 17.3 Å². The molecule has 2 aliphatic carbocycles. The quantitative estimate of drug-likeness (QED) is 0.353. The van der Waals surface area contributed by atoms with Gasteiger partial charge < -0.3 is 14.9 Å². The number of nitrogens with one attached hydrogen (secondary N) is 1. The summed E-state index contributed by atoms with van der Waals surface area (Å²) in [5, 5.41) is 17.5. The number of carbonyl (C=O) groups excluding carboxylic acids is 1. The van der Waals surface area contributed by atoms with Gasteiger partial charge in [-0.3, -0.25) is 14.5 Å². The molecule has 206 valence electrons. The standard InChI is InChI=1S/C30H40ClN3O4/c1-5-30(3,4)13-18-11-20(12-18)28-26(19-7-8-19)27(33-38-28)21-14-34(16-25(35)36)15-22(21)29(37)32-24-9-6-17(2)10-23(24)31/h6,9-10,18-22H,5,7-8,11-16H2,1-4H3,(H,32,37)(H,35,36). The van der Waals surface area contributed by atoms with Crippen molar-refractivity contribution in [1.29, 1.82) is 0 Å². The van der Waals surface area contributed by atoms with Crippen LogP contribution in [0.15, 0.2) is 22.7 Å². The number of benzene rings is 1. The van der Waals surface area contributed by atoms with Crippen LogP contribution in [0.3, 0.4) is 0 Å². The lowest BCUT2D eigenvalue weighted by atomic mass is 9.66. The van der Waals surface area contributed by atoms with Crippen molar-refractivity contribution in [2.45, 2.75) is 84.0 Å². The van der Waals surface area contributed by atoms with E-state index in [0.717, 1.165) is 42.7 Å². The maximum atomic E-state index is 13.6. The van der Waals surface area contributed by atoms with Gasteiger partial charge in [0.15, 0.2) is 0 Å². The van der Waals surface area contributed by atoms with E-state index in [-0.39, 0.29) is 18.4 Å². The SMILES string of the molecule is CCC(C)(C)CC1CC(c2onc(C3CN(CC(=O)O)CC3C(=O)Nc3ccc(C)cc3Cl)c2C2CC2)C1. The van der Waals surface area contributed by atoms with E-state index in [1.165, 1.54) is 18.4 Å². The summed E-state index contributed by atoms with van der Waals surface area (Å²) in [6, 6.07) is 5.54. The number of carboxylic acid groups (broad SMARTS) is 1. The zero-order chi connectivity index (χ0) is 27.2. The van der Waals surface area contributed by atoms with Crippen LogP contribution in [0.2, 0.25) is 5.02 Å². The van der Waals surface area contributed by atoms with Crippen molar-refractivity contribution in [2.75, 3.05) is 25.0 Å². The van der Waals surface area contributed by atoms with E-state index in [1.54, 1.807) is 0 Å². The van der Waals surface area contributed by atoms with Crippen LogP contribution in [0, 0.1) is 24.2 Å². The highest BCUT2D eigenvalue weighted by atomic mass is 35.5. The molecule has 1 aromatic carbocycles. The molecular weight excluding hydrogens is 502 g/mol. The number of carbonyl (C=O) groups is 2. The van der Waals surface area contributed by atoms with E-state index < -0.39 is 11.9 Å². The Morgan fingerprint density at radius 2 is 1.95 bits per heavy atom. The smallest absolute Gasteiger partial charge is 0.317 e. The van der Waals surface area contributed by atoms with E-state index in [9.17, 15) is 14.7 Å². The molecule has 2 aromatic rings. The Kier molecular flexibility index (Phi) is 7.62. The predicted octanol–water partition coefficient (Wildman–Crippen LogP) is 6.57. The Morgan fingerprint density at radius 1 is 1.21 bits per heavy atom. The highest BCUT2D eigenvalue weighted by Crippen LogP contribution is 2.54. The lowest BCUT2D eigenvalue weighted by Gasteiger charge is -2.39. The van der Waals surface area contributed by atoms with Gasteiger partial charge in [0.05, 0.1) is 28.9 Å². The molecule has 1 aliphatic heterocycles.